The zero-order valence-electron chi connectivity index (χ0n) is 10.1. The molecule has 2 aromatic rings. The van der Waals surface area contributed by atoms with Crippen molar-refractivity contribution in [1.82, 2.24) is 0 Å². The van der Waals surface area contributed by atoms with Gasteiger partial charge in [-0.3, -0.25) is 10.6 Å². The summed E-state index contributed by atoms with van der Waals surface area (Å²) in [6.07, 6.45) is 0. The fraction of sp³-hybridized carbons (Fsp3) is 0.0714. The lowest BCUT2D eigenvalue weighted by Crippen LogP contribution is -2.16. The number of carbonyl (C=O) groups is 1. The van der Waals surface area contributed by atoms with Gasteiger partial charge >= 0.3 is 0 Å². The summed E-state index contributed by atoms with van der Waals surface area (Å²) in [6, 6.07) is 14.7. The molecular weight excluding hydrogens is 226 g/mol. The van der Waals surface area contributed by atoms with E-state index in [0.29, 0.717) is 16.9 Å². The molecular formula is C14H15N3O. The number of para-hydroxylation sites is 2. The van der Waals surface area contributed by atoms with Crippen molar-refractivity contribution in [2.24, 2.45) is 5.84 Å². The van der Waals surface area contributed by atoms with E-state index in [1.54, 1.807) is 18.2 Å². The molecule has 0 unspecified atom stereocenters. The van der Waals surface area contributed by atoms with Gasteiger partial charge in [-0.2, -0.15) is 0 Å². The number of hydrazine groups is 1. The van der Waals surface area contributed by atoms with Crippen LogP contribution >= 0.6 is 0 Å². The molecule has 0 aliphatic carbocycles. The summed E-state index contributed by atoms with van der Waals surface area (Å²) < 4.78 is 0. The molecule has 0 saturated carbocycles. The van der Waals surface area contributed by atoms with Gasteiger partial charge in [-0.1, -0.05) is 30.3 Å². The third-order valence-corrected chi connectivity index (χ3v) is 2.72. The van der Waals surface area contributed by atoms with Crippen molar-refractivity contribution in [3.63, 3.8) is 0 Å². The predicted octanol–water partition coefficient (Wildman–Crippen LogP) is 2.53. The number of nitrogens with two attached hydrogens (primary N) is 1. The van der Waals surface area contributed by atoms with Crippen LogP contribution in [0.5, 0.6) is 0 Å². The van der Waals surface area contributed by atoms with Crippen LogP contribution < -0.4 is 16.6 Å². The molecule has 4 nitrogen and oxygen atoms in total. The smallest absolute Gasteiger partial charge is 0.255 e. The molecule has 0 aromatic heterocycles. The maximum atomic E-state index is 12.1. The van der Waals surface area contributed by atoms with Crippen LogP contribution in [-0.2, 0) is 0 Å². The maximum Gasteiger partial charge on any atom is 0.255 e. The second kappa shape index (κ2) is 5.33. The molecule has 1 amide bonds. The molecule has 0 aliphatic rings. The Labute approximate surface area is 106 Å². The van der Waals surface area contributed by atoms with E-state index in [4.69, 9.17) is 5.84 Å². The molecule has 0 spiro atoms. The van der Waals surface area contributed by atoms with E-state index in [0.717, 1.165) is 5.56 Å². The molecule has 0 saturated heterocycles. The largest absolute Gasteiger partial charge is 0.322 e. The molecule has 4 N–H and O–H groups in total. The van der Waals surface area contributed by atoms with E-state index < -0.39 is 0 Å². The standard InChI is InChI=1S/C14H15N3O/c1-10-6-2-3-7-11(10)14(18)16-12-8-4-5-9-13(12)17-15/h2-9,17H,15H2,1H3,(H,16,18). The minimum Gasteiger partial charge on any atom is -0.322 e. The molecule has 92 valence electrons. The Morgan fingerprint density at radius 3 is 2.28 bits per heavy atom. The lowest BCUT2D eigenvalue weighted by atomic mass is 10.1. The van der Waals surface area contributed by atoms with Gasteiger partial charge in [0, 0.05) is 5.56 Å². The van der Waals surface area contributed by atoms with Gasteiger partial charge in [-0.25, -0.2) is 0 Å². The second-order valence-corrected chi connectivity index (χ2v) is 3.96. The van der Waals surface area contributed by atoms with Crippen LogP contribution in [0.2, 0.25) is 0 Å². The topological polar surface area (TPSA) is 67.2 Å². The summed E-state index contributed by atoms with van der Waals surface area (Å²) in [5.41, 5.74) is 5.49. The summed E-state index contributed by atoms with van der Waals surface area (Å²) in [5, 5.41) is 2.84. The number of benzene rings is 2. The van der Waals surface area contributed by atoms with Gasteiger partial charge in [0.2, 0.25) is 0 Å². The summed E-state index contributed by atoms with van der Waals surface area (Å²) >= 11 is 0. The Balaban J connectivity index is 2.24. The molecule has 4 heteroatoms. The number of carbonyl (C=O) groups excluding carboxylic acids is 1. The second-order valence-electron chi connectivity index (χ2n) is 3.96. The number of amides is 1. The van der Waals surface area contributed by atoms with Gasteiger partial charge in [-0.15, -0.1) is 0 Å². The Hall–Kier alpha value is -2.33. The molecule has 0 atom stereocenters. The van der Waals surface area contributed by atoms with Crippen molar-refractivity contribution in [3.8, 4) is 0 Å². The molecule has 18 heavy (non-hydrogen) atoms. The zero-order valence-corrected chi connectivity index (χ0v) is 10.1. The summed E-state index contributed by atoms with van der Waals surface area (Å²) in [6.45, 7) is 1.90. The van der Waals surface area contributed by atoms with Crippen molar-refractivity contribution < 1.29 is 4.79 Å². The number of rotatable bonds is 3. The number of aryl methyl sites for hydroxylation is 1. The third kappa shape index (κ3) is 2.49. The van der Waals surface area contributed by atoms with Crippen LogP contribution in [0.25, 0.3) is 0 Å². The molecule has 0 fully saturated rings. The molecule has 0 heterocycles. The van der Waals surface area contributed by atoms with E-state index in [9.17, 15) is 4.79 Å². The fourth-order valence-electron chi connectivity index (χ4n) is 1.74. The highest BCUT2D eigenvalue weighted by Crippen LogP contribution is 2.20. The number of hydrogen-bond donors (Lipinski definition) is 3. The normalized spacial score (nSPS) is 9.89. The van der Waals surface area contributed by atoms with Crippen LogP contribution in [0.1, 0.15) is 15.9 Å². The lowest BCUT2D eigenvalue weighted by molar-refractivity contribution is 0.102. The van der Waals surface area contributed by atoms with Gasteiger partial charge in [-0.05, 0) is 30.7 Å². The molecule has 0 aliphatic heterocycles. The number of nitrogens with one attached hydrogen (secondary N) is 2. The molecule has 0 bridgehead atoms. The Morgan fingerprint density at radius 1 is 1.00 bits per heavy atom. The SMILES string of the molecule is Cc1ccccc1C(=O)Nc1ccccc1NN. The first-order chi connectivity index (χ1) is 8.72. The predicted molar refractivity (Wildman–Crippen MR) is 73.4 cm³/mol. The van der Waals surface area contributed by atoms with Crippen molar-refractivity contribution >= 4 is 17.3 Å². The number of nitrogen functional groups attached to an aromatic ring is 1. The highest BCUT2D eigenvalue weighted by molar-refractivity contribution is 6.06. The molecule has 0 radical (unpaired) electrons. The minimum atomic E-state index is -0.143. The summed E-state index contributed by atoms with van der Waals surface area (Å²) in [7, 11) is 0. The van der Waals surface area contributed by atoms with Crippen LogP contribution in [0.15, 0.2) is 48.5 Å². The third-order valence-electron chi connectivity index (χ3n) is 2.72. The van der Waals surface area contributed by atoms with Crippen molar-refractivity contribution in [1.29, 1.82) is 0 Å². The average Bonchev–Trinajstić information content (AvgIpc) is 2.39. The zero-order chi connectivity index (χ0) is 13.0. The van der Waals surface area contributed by atoms with Gasteiger partial charge < -0.3 is 10.7 Å². The lowest BCUT2D eigenvalue weighted by Gasteiger charge is -2.11. The maximum absolute atomic E-state index is 12.1. The number of anilines is 2. The number of hydrogen-bond acceptors (Lipinski definition) is 3. The van der Waals surface area contributed by atoms with Crippen LogP contribution in [0.4, 0.5) is 11.4 Å². The van der Waals surface area contributed by atoms with E-state index in [2.05, 4.69) is 10.7 Å². The quantitative estimate of drug-likeness (QED) is 0.571. The summed E-state index contributed by atoms with van der Waals surface area (Å²) in [5.74, 6) is 5.25. The highest BCUT2D eigenvalue weighted by atomic mass is 16.1. The molecule has 2 aromatic carbocycles. The van der Waals surface area contributed by atoms with E-state index in [-0.39, 0.29) is 5.91 Å². The minimum absolute atomic E-state index is 0.143. The average molecular weight is 241 g/mol. The van der Waals surface area contributed by atoms with Crippen LogP contribution in [0, 0.1) is 6.92 Å². The first kappa shape index (κ1) is 12.1. The Kier molecular flexibility index (Phi) is 3.60. The highest BCUT2D eigenvalue weighted by Gasteiger charge is 2.10. The monoisotopic (exact) mass is 241 g/mol. The van der Waals surface area contributed by atoms with Crippen LogP contribution in [-0.4, -0.2) is 5.91 Å². The first-order valence-corrected chi connectivity index (χ1v) is 5.65. The van der Waals surface area contributed by atoms with Crippen molar-refractivity contribution in [2.45, 2.75) is 6.92 Å². The van der Waals surface area contributed by atoms with E-state index in [1.165, 1.54) is 0 Å². The fourth-order valence-corrected chi connectivity index (χ4v) is 1.74. The first-order valence-electron chi connectivity index (χ1n) is 5.65. The van der Waals surface area contributed by atoms with Gasteiger partial charge in [0.25, 0.3) is 5.91 Å². The van der Waals surface area contributed by atoms with E-state index in [1.807, 2.05) is 37.3 Å². The van der Waals surface area contributed by atoms with E-state index >= 15 is 0 Å². The van der Waals surface area contributed by atoms with Crippen LogP contribution in [0.3, 0.4) is 0 Å². The Bertz CT molecular complexity index is 566. The summed E-state index contributed by atoms with van der Waals surface area (Å²) in [4.78, 5) is 12.1. The van der Waals surface area contributed by atoms with Gasteiger partial charge in [0.05, 0.1) is 11.4 Å². The van der Waals surface area contributed by atoms with Crippen molar-refractivity contribution in [2.75, 3.05) is 10.7 Å². The Morgan fingerprint density at radius 2 is 1.61 bits per heavy atom. The van der Waals surface area contributed by atoms with Gasteiger partial charge in [0.1, 0.15) is 0 Å². The molecule has 2 rings (SSSR count). The van der Waals surface area contributed by atoms with Gasteiger partial charge in [0.15, 0.2) is 0 Å². The van der Waals surface area contributed by atoms with Crippen molar-refractivity contribution in [3.05, 3.63) is 59.7 Å².